The average molecular weight is 236 g/mol. The van der Waals surface area contributed by atoms with E-state index in [1.165, 1.54) is 13.2 Å². The second-order valence-electron chi connectivity index (χ2n) is 4.80. The molecule has 92 valence electrons. The molecule has 1 aromatic rings. The van der Waals surface area contributed by atoms with Crippen molar-refractivity contribution in [2.24, 2.45) is 5.92 Å². The molecular weight excluding hydrogens is 219 g/mol. The fourth-order valence-corrected chi connectivity index (χ4v) is 2.28. The molecule has 1 atom stereocenters. The molecule has 2 rings (SSSR count). The third-order valence-electron chi connectivity index (χ3n) is 3.24. The number of hydrogen-bond donors (Lipinski definition) is 0. The van der Waals surface area contributed by atoms with Crippen LogP contribution in [0.2, 0.25) is 0 Å². The second-order valence-corrected chi connectivity index (χ2v) is 4.80. The van der Waals surface area contributed by atoms with E-state index < -0.39 is 11.9 Å². The smallest absolute Gasteiger partial charge is 0.195 e. The maximum Gasteiger partial charge on any atom is 0.195 e. The van der Waals surface area contributed by atoms with Gasteiger partial charge >= 0.3 is 0 Å². The number of ketones is 1. The monoisotopic (exact) mass is 236 g/mol. The quantitative estimate of drug-likeness (QED) is 0.751. The van der Waals surface area contributed by atoms with Gasteiger partial charge in [-0.2, -0.15) is 0 Å². The molecule has 0 N–H and O–H groups in total. The van der Waals surface area contributed by atoms with E-state index in [1.54, 1.807) is 6.92 Å². The molecule has 0 heterocycles. The normalized spacial score (nSPS) is 16.9. The van der Waals surface area contributed by atoms with Crippen molar-refractivity contribution in [3.63, 3.8) is 0 Å². The van der Waals surface area contributed by atoms with Gasteiger partial charge in [0.05, 0.1) is 5.56 Å². The molecule has 17 heavy (non-hydrogen) atoms. The molecule has 2 nitrogen and oxygen atoms in total. The topological polar surface area (TPSA) is 26.3 Å². The number of ether oxygens (including phenoxy) is 1. The molecule has 1 aliphatic rings. The van der Waals surface area contributed by atoms with Gasteiger partial charge < -0.3 is 4.74 Å². The number of carbonyl (C=O) groups is 1. The molecule has 3 heteroatoms. The minimum atomic E-state index is -0.481. The summed E-state index contributed by atoms with van der Waals surface area (Å²) in [5.41, 5.74) is 1.71. The van der Waals surface area contributed by atoms with Crippen LogP contribution in [-0.2, 0) is 4.74 Å². The van der Waals surface area contributed by atoms with Crippen LogP contribution in [0.4, 0.5) is 4.39 Å². The lowest BCUT2D eigenvalue weighted by Gasteiger charge is -2.15. The standard InChI is InChI=1S/C14H17FO2/c1-8-6-9(2)12(11(15)7-8)13(16)14(17-3)10-4-5-10/h6-7,10,14H,4-5H2,1-3H3. The highest BCUT2D eigenvalue weighted by Crippen LogP contribution is 2.36. The number of methoxy groups -OCH3 is 1. The Bertz CT molecular complexity index is 427. The summed E-state index contributed by atoms with van der Waals surface area (Å²) in [7, 11) is 1.52. The number of benzene rings is 1. The lowest BCUT2D eigenvalue weighted by atomic mass is 9.96. The first kappa shape index (κ1) is 12.2. The van der Waals surface area contributed by atoms with Crippen molar-refractivity contribution in [3.8, 4) is 0 Å². The summed E-state index contributed by atoms with van der Waals surface area (Å²) in [6.45, 7) is 3.59. The van der Waals surface area contributed by atoms with Gasteiger partial charge in [0.25, 0.3) is 0 Å². The third-order valence-corrected chi connectivity index (χ3v) is 3.24. The minimum absolute atomic E-state index is 0.189. The van der Waals surface area contributed by atoms with Crippen molar-refractivity contribution in [2.45, 2.75) is 32.8 Å². The van der Waals surface area contributed by atoms with Crippen LogP contribution in [0.3, 0.4) is 0 Å². The summed E-state index contributed by atoms with van der Waals surface area (Å²) in [4.78, 5) is 12.2. The number of Topliss-reactive ketones (excluding diaryl/α,β-unsaturated/α-hetero) is 1. The van der Waals surface area contributed by atoms with Gasteiger partial charge in [-0.3, -0.25) is 4.79 Å². The Morgan fingerprint density at radius 3 is 2.53 bits per heavy atom. The Labute approximate surface area is 101 Å². The maximum atomic E-state index is 13.9. The Kier molecular flexibility index (Phi) is 3.29. The zero-order valence-electron chi connectivity index (χ0n) is 10.4. The summed E-state index contributed by atoms with van der Waals surface area (Å²) < 4.78 is 19.1. The lowest BCUT2D eigenvalue weighted by Crippen LogP contribution is -2.27. The first-order valence-electron chi connectivity index (χ1n) is 5.88. The van der Waals surface area contributed by atoms with Gasteiger partial charge in [-0.15, -0.1) is 0 Å². The fraction of sp³-hybridized carbons (Fsp3) is 0.500. The van der Waals surface area contributed by atoms with E-state index in [9.17, 15) is 9.18 Å². The predicted octanol–water partition coefficient (Wildman–Crippen LogP) is 3.05. The molecule has 0 bridgehead atoms. The summed E-state index contributed by atoms with van der Waals surface area (Å²) in [6.07, 6.45) is 1.51. The molecule has 0 spiro atoms. The highest BCUT2D eigenvalue weighted by atomic mass is 19.1. The molecule has 1 fully saturated rings. The van der Waals surface area contributed by atoms with Crippen LogP contribution in [0.25, 0.3) is 0 Å². The second kappa shape index (κ2) is 4.57. The van der Waals surface area contributed by atoms with E-state index in [4.69, 9.17) is 4.74 Å². The van der Waals surface area contributed by atoms with Gasteiger partial charge in [-0.05, 0) is 49.8 Å². The lowest BCUT2D eigenvalue weighted by molar-refractivity contribution is 0.0535. The Morgan fingerprint density at radius 2 is 2.06 bits per heavy atom. The van der Waals surface area contributed by atoms with Crippen molar-refractivity contribution in [1.29, 1.82) is 0 Å². The highest BCUT2D eigenvalue weighted by molar-refractivity contribution is 6.01. The molecule has 1 unspecified atom stereocenters. The van der Waals surface area contributed by atoms with Crippen LogP contribution in [-0.4, -0.2) is 19.0 Å². The van der Waals surface area contributed by atoms with E-state index in [0.29, 0.717) is 5.56 Å². The van der Waals surface area contributed by atoms with Crippen molar-refractivity contribution in [2.75, 3.05) is 7.11 Å². The van der Waals surface area contributed by atoms with Crippen molar-refractivity contribution < 1.29 is 13.9 Å². The first-order valence-corrected chi connectivity index (χ1v) is 5.88. The Morgan fingerprint density at radius 1 is 1.41 bits per heavy atom. The molecule has 0 saturated heterocycles. The van der Waals surface area contributed by atoms with Crippen LogP contribution in [0, 0.1) is 25.6 Å². The zero-order chi connectivity index (χ0) is 12.6. The van der Waals surface area contributed by atoms with E-state index in [2.05, 4.69) is 0 Å². The highest BCUT2D eigenvalue weighted by Gasteiger charge is 2.38. The van der Waals surface area contributed by atoms with Gasteiger partial charge in [-0.25, -0.2) is 4.39 Å². The molecular formula is C14H17FO2. The van der Waals surface area contributed by atoms with E-state index >= 15 is 0 Å². The number of carbonyl (C=O) groups excluding carboxylic acids is 1. The molecule has 1 aromatic carbocycles. The van der Waals surface area contributed by atoms with E-state index in [0.717, 1.165) is 18.4 Å². The van der Waals surface area contributed by atoms with Crippen LogP contribution in [0.1, 0.15) is 34.3 Å². The Balaban J connectivity index is 2.35. The fourth-order valence-electron chi connectivity index (χ4n) is 2.28. The first-order chi connectivity index (χ1) is 8.04. The van der Waals surface area contributed by atoms with Crippen LogP contribution < -0.4 is 0 Å². The predicted molar refractivity (Wildman–Crippen MR) is 63.7 cm³/mol. The Hall–Kier alpha value is -1.22. The summed E-state index contributed by atoms with van der Waals surface area (Å²) in [6, 6.07) is 3.23. The van der Waals surface area contributed by atoms with Gasteiger partial charge in [0.1, 0.15) is 11.9 Å². The number of halogens is 1. The van der Waals surface area contributed by atoms with Crippen LogP contribution in [0.15, 0.2) is 12.1 Å². The van der Waals surface area contributed by atoms with Crippen LogP contribution in [0.5, 0.6) is 0 Å². The molecule has 0 amide bonds. The molecule has 0 aliphatic heterocycles. The van der Waals surface area contributed by atoms with E-state index in [1.807, 2.05) is 13.0 Å². The zero-order valence-corrected chi connectivity index (χ0v) is 10.4. The molecule has 0 aromatic heterocycles. The van der Waals surface area contributed by atoms with Crippen molar-refractivity contribution in [1.82, 2.24) is 0 Å². The van der Waals surface area contributed by atoms with Crippen molar-refractivity contribution in [3.05, 3.63) is 34.6 Å². The van der Waals surface area contributed by atoms with Gasteiger partial charge in [0.15, 0.2) is 5.78 Å². The average Bonchev–Trinajstić information content (AvgIpc) is 3.01. The molecule has 0 radical (unpaired) electrons. The maximum absolute atomic E-state index is 13.9. The van der Waals surface area contributed by atoms with Crippen molar-refractivity contribution >= 4 is 5.78 Å². The van der Waals surface area contributed by atoms with Crippen LogP contribution >= 0.6 is 0 Å². The largest absolute Gasteiger partial charge is 0.373 e. The van der Waals surface area contributed by atoms with Gasteiger partial charge in [0.2, 0.25) is 0 Å². The van der Waals surface area contributed by atoms with Gasteiger partial charge in [-0.1, -0.05) is 6.07 Å². The summed E-state index contributed by atoms with van der Waals surface area (Å²) in [5.74, 6) is -0.382. The summed E-state index contributed by atoms with van der Waals surface area (Å²) >= 11 is 0. The number of hydrogen-bond acceptors (Lipinski definition) is 2. The van der Waals surface area contributed by atoms with E-state index in [-0.39, 0.29) is 17.3 Å². The number of rotatable bonds is 4. The minimum Gasteiger partial charge on any atom is -0.373 e. The summed E-state index contributed by atoms with van der Waals surface area (Å²) in [5, 5.41) is 0. The third kappa shape index (κ3) is 2.39. The number of aryl methyl sites for hydroxylation is 2. The molecule has 1 aliphatic carbocycles. The molecule has 1 saturated carbocycles. The van der Waals surface area contributed by atoms with Gasteiger partial charge in [0, 0.05) is 7.11 Å². The SMILES string of the molecule is COC(C(=O)c1c(C)cc(C)cc1F)C1CC1.